The van der Waals surface area contributed by atoms with Gasteiger partial charge in [-0.1, -0.05) is 5.16 Å². The highest BCUT2D eigenvalue weighted by atomic mass is 16.6. The van der Waals surface area contributed by atoms with Crippen LogP contribution in [-0.4, -0.2) is 52.9 Å². The zero-order chi connectivity index (χ0) is 21.7. The molecule has 0 aliphatic carbocycles. The van der Waals surface area contributed by atoms with Gasteiger partial charge < -0.3 is 23.6 Å². The first-order valence-electron chi connectivity index (χ1n) is 9.87. The zero-order valence-electron chi connectivity index (χ0n) is 17.7. The number of benzene rings is 1. The molecule has 0 bridgehead atoms. The van der Waals surface area contributed by atoms with E-state index in [0.29, 0.717) is 25.3 Å². The quantitative estimate of drug-likeness (QED) is 0.682. The number of methoxy groups -OCH3 is 1. The number of hydrogen-bond acceptors (Lipinski definition) is 8. The Morgan fingerprint density at radius 3 is 2.63 bits per heavy atom. The molecule has 2 heterocycles. The zero-order valence-corrected chi connectivity index (χ0v) is 17.7. The smallest absolute Gasteiger partial charge is 0.410 e. The highest BCUT2D eigenvalue weighted by molar-refractivity contribution is 5.75. The van der Waals surface area contributed by atoms with Crippen molar-refractivity contribution in [2.75, 3.05) is 20.2 Å². The van der Waals surface area contributed by atoms with Crippen molar-refractivity contribution >= 4 is 12.1 Å². The van der Waals surface area contributed by atoms with E-state index in [1.54, 1.807) is 36.3 Å². The van der Waals surface area contributed by atoms with Crippen molar-refractivity contribution in [3.05, 3.63) is 30.1 Å². The third kappa shape index (κ3) is 5.71. The Labute approximate surface area is 175 Å². The lowest BCUT2D eigenvalue weighted by molar-refractivity contribution is -0.151. The molecule has 1 aliphatic rings. The minimum absolute atomic E-state index is 0.0958. The molecule has 9 heteroatoms. The number of likely N-dealkylation sites (tertiary alicyclic amines) is 1. The molecule has 1 fully saturated rings. The maximum atomic E-state index is 12.5. The molecule has 30 heavy (non-hydrogen) atoms. The van der Waals surface area contributed by atoms with Crippen molar-refractivity contribution in [2.45, 2.75) is 45.8 Å². The maximum absolute atomic E-state index is 12.5. The van der Waals surface area contributed by atoms with Crippen LogP contribution < -0.4 is 4.74 Å². The van der Waals surface area contributed by atoms with Crippen LogP contribution in [-0.2, 0) is 20.9 Å². The molecule has 1 aliphatic heterocycles. The second-order valence-corrected chi connectivity index (χ2v) is 8.12. The first-order chi connectivity index (χ1) is 14.2. The second-order valence-electron chi connectivity index (χ2n) is 8.12. The van der Waals surface area contributed by atoms with Crippen LogP contribution >= 0.6 is 0 Å². The van der Waals surface area contributed by atoms with E-state index >= 15 is 0 Å². The van der Waals surface area contributed by atoms with Gasteiger partial charge in [-0.3, -0.25) is 4.79 Å². The highest BCUT2D eigenvalue weighted by Gasteiger charge is 2.32. The summed E-state index contributed by atoms with van der Waals surface area (Å²) in [6, 6.07) is 7.18. The van der Waals surface area contributed by atoms with Gasteiger partial charge in [0, 0.05) is 18.7 Å². The summed E-state index contributed by atoms with van der Waals surface area (Å²) in [6.07, 6.45) is 0.951. The van der Waals surface area contributed by atoms with Gasteiger partial charge in [-0.15, -0.1) is 0 Å². The SMILES string of the molecule is COc1ccc(-c2nc(COC(=O)C3CCCN(C(=O)OC(C)(C)C)C3)no2)cc1. The van der Waals surface area contributed by atoms with Gasteiger partial charge in [-0.25, -0.2) is 4.79 Å². The third-order valence-electron chi connectivity index (χ3n) is 4.56. The molecule has 1 atom stereocenters. The van der Waals surface area contributed by atoms with Crippen molar-refractivity contribution in [1.29, 1.82) is 0 Å². The first kappa shape index (κ1) is 21.6. The topological polar surface area (TPSA) is 104 Å². The fraction of sp³-hybridized carbons (Fsp3) is 0.524. The van der Waals surface area contributed by atoms with Gasteiger partial charge >= 0.3 is 12.1 Å². The summed E-state index contributed by atoms with van der Waals surface area (Å²) >= 11 is 0. The molecule has 1 aromatic heterocycles. The largest absolute Gasteiger partial charge is 0.497 e. The Balaban J connectivity index is 1.52. The number of nitrogens with zero attached hydrogens (tertiary/aromatic N) is 3. The van der Waals surface area contributed by atoms with Gasteiger partial charge in [0.2, 0.25) is 5.82 Å². The van der Waals surface area contributed by atoms with Crippen LogP contribution in [0.2, 0.25) is 0 Å². The van der Waals surface area contributed by atoms with Crippen LogP contribution in [0.15, 0.2) is 28.8 Å². The molecule has 162 valence electrons. The Morgan fingerprint density at radius 2 is 1.97 bits per heavy atom. The molecule has 1 unspecified atom stereocenters. The summed E-state index contributed by atoms with van der Waals surface area (Å²) < 4.78 is 21.1. The van der Waals surface area contributed by atoms with Crippen LogP contribution in [0, 0.1) is 5.92 Å². The molecule has 0 saturated carbocycles. The minimum Gasteiger partial charge on any atom is -0.497 e. The lowest BCUT2D eigenvalue weighted by Gasteiger charge is -2.33. The Hall–Kier alpha value is -3.10. The molecule has 9 nitrogen and oxygen atoms in total. The molecule has 0 N–H and O–H groups in total. The summed E-state index contributed by atoms with van der Waals surface area (Å²) in [5, 5.41) is 3.86. The molecular formula is C21H27N3O6. The van der Waals surface area contributed by atoms with Crippen LogP contribution in [0.1, 0.15) is 39.4 Å². The normalized spacial score (nSPS) is 16.8. The summed E-state index contributed by atoms with van der Waals surface area (Å²) in [4.78, 5) is 30.5. The number of ether oxygens (including phenoxy) is 3. The maximum Gasteiger partial charge on any atom is 0.410 e. The third-order valence-corrected chi connectivity index (χ3v) is 4.56. The predicted molar refractivity (Wildman–Crippen MR) is 107 cm³/mol. The Kier molecular flexibility index (Phi) is 6.59. The second kappa shape index (κ2) is 9.15. The lowest BCUT2D eigenvalue weighted by Crippen LogP contribution is -2.45. The molecular weight excluding hydrogens is 390 g/mol. The molecule has 1 saturated heterocycles. The monoisotopic (exact) mass is 417 g/mol. The Bertz CT molecular complexity index is 872. The van der Waals surface area contributed by atoms with Gasteiger partial charge in [0.05, 0.1) is 13.0 Å². The minimum atomic E-state index is -0.579. The van der Waals surface area contributed by atoms with Gasteiger partial charge in [0.25, 0.3) is 5.89 Å². The number of amides is 1. The average Bonchev–Trinajstić information content (AvgIpc) is 3.20. The van der Waals surface area contributed by atoms with E-state index < -0.39 is 17.6 Å². The van der Waals surface area contributed by atoms with Crippen molar-refractivity contribution < 1.29 is 28.3 Å². The van der Waals surface area contributed by atoms with E-state index in [-0.39, 0.29) is 24.9 Å². The van der Waals surface area contributed by atoms with Gasteiger partial charge in [-0.2, -0.15) is 4.98 Å². The fourth-order valence-corrected chi connectivity index (χ4v) is 3.08. The first-order valence-corrected chi connectivity index (χ1v) is 9.87. The number of rotatable bonds is 5. The van der Waals surface area contributed by atoms with Gasteiger partial charge in [-0.05, 0) is 57.9 Å². The number of hydrogen-bond donors (Lipinski definition) is 0. The molecule has 1 aromatic carbocycles. The summed E-state index contributed by atoms with van der Waals surface area (Å²) in [7, 11) is 1.59. The lowest BCUT2D eigenvalue weighted by atomic mass is 9.98. The average molecular weight is 417 g/mol. The molecule has 1 amide bonds. The van der Waals surface area contributed by atoms with Crippen molar-refractivity contribution in [3.63, 3.8) is 0 Å². The van der Waals surface area contributed by atoms with Crippen LogP contribution in [0.5, 0.6) is 5.75 Å². The highest BCUT2D eigenvalue weighted by Crippen LogP contribution is 2.22. The van der Waals surface area contributed by atoms with E-state index in [1.807, 2.05) is 20.8 Å². The molecule has 3 rings (SSSR count). The van der Waals surface area contributed by atoms with E-state index in [9.17, 15) is 9.59 Å². The summed E-state index contributed by atoms with van der Waals surface area (Å²) in [5.74, 6) is 0.532. The number of carbonyl (C=O) groups excluding carboxylic acids is 2. The number of carbonyl (C=O) groups is 2. The summed E-state index contributed by atoms with van der Waals surface area (Å²) in [6.45, 7) is 6.18. The molecule has 2 aromatic rings. The van der Waals surface area contributed by atoms with Crippen molar-refractivity contribution in [2.24, 2.45) is 5.92 Å². The standard InChI is InChI=1S/C21H27N3O6/c1-21(2,3)29-20(26)24-11-5-6-15(12-24)19(25)28-13-17-22-18(30-23-17)14-7-9-16(27-4)10-8-14/h7-10,15H,5-6,11-13H2,1-4H3. The van der Waals surface area contributed by atoms with Crippen LogP contribution in [0.25, 0.3) is 11.5 Å². The predicted octanol–water partition coefficient (Wildman–Crippen LogP) is 3.44. The summed E-state index contributed by atoms with van der Waals surface area (Å²) in [5.41, 5.74) is 0.159. The molecule has 0 spiro atoms. The molecule has 0 radical (unpaired) electrons. The van der Waals surface area contributed by atoms with E-state index in [0.717, 1.165) is 11.3 Å². The Morgan fingerprint density at radius 1 is 1.23 bits per heavy atom. The number of esters is 1. The number of piperidine rings is 1. The van der Waals surface area contributed by atoms with E-state index in [2.05, 4.69) is 10.1 Å². The van der Waals surface area contributed by atoms with Crippen molar-refractivity contribution in [1.82, 2.24) is 15.0 Å². The van der Waals surface area contributed by atoms with E-state index in [1.165, 1.54) is 0 Å². The van der Waals surface area contributed by atoms with Gasteiger partial charge in [0.15, 0.2) is 6.61 Å². The van der Waals surface area contributed by atoms with Crippen molar-refractivity contribution in [3.8, 4) is 17.2 Å². The number of aromatic nitrogens is 2. The fourth-order valence-electron chi connectivity index (χ4n) is 3.08. The van der Waals surface area contributed by atoms with Crippen LogP contribution in [0.4, 0.5) is 4.79 Å². The van der Waals surface area contributed by atoms with E-state index in [4.69, 9.17) is 18.7 Å². The van der Waals surface area contributed by atoms with Crippen LogP contribution in [0.3, 0.4) is 0 Å². The van der Waals surface area contributed by atoms with Gasteiger partial charge in [0.1, 0.15) is 11.4 Å².